The monoisotopic (exact) mass is 382 g/mol. The molecule has 1 atom stereocenters. The number of carbonyl (C=O) groups is 2. The molecular weight excluding hydrogens is 360 g/mol. The summed E-state index contributed by atoms with van der Waals surface area (Å²) >= 11 is 0. The molecule has 0 aromatic heterocycles. The molecule has 1 N–H and O–H groups in total. The number of carboxylic acid groups (broad SMARTS) is 1. The van der Waals surface area contributed by atoms with Crippen molar-refractivity contribution in [1.82, 2.24) is 4.31 Å². The molecule has 1 unspecified atom stereocenters. The minimum absolute atomic E-state index is 0.000880. The van der Waals surface area contributed by atoms with Crippen LogP contribution in [-0.4, -0.2) is 62.6 Å². The van der Waals surface area contributed by atoms with Crippen molar-refractivity contribution in [1.29, 1.82) is 0 Å². The van der Waals surface area contributed by atoms with Crippen LogP contribution in [0.5, 0.6) is 0 Å². The van der Waals surface area contributed by atoms with Gasteiger partial charge in [-0.05, 0) is 36.6 Å². The largest absolute Gasteiger partial charge is 0.481 e. The molecule has 1 fully saturated rings. The minimum atomic E-state index is -3.84. The minimum Gasteiger partial charge on any atom is -0.481 e. The Morgan fingerprint density at radius 2 is 2.04 bits per heavy atom. The molecule has 0 bridgehead atoms. The van der Waals surface area contributed by atoms with Crippen molar-refractivity contribution in [2.24, 2.45) is 5.92 Å². The number of anilines is 1. The number of benzene rings is 1. The highest BCUT2D eigenvalue weighted by Gasteiger charge is 2.33. The fourth-order valence-electron chi connectivity index (χ4n) is 3.36. The van der Waals surface area contributed by atoms with Gasteiger partial charge in [0.25, 0.3) is 0 Å². The first kappa shape index (κ1) is 18.8. The summed E-state index contributed by atoms with van der Waals surface area (Å²) < 4.78 is 32.4. The number of sulfonamides is 1. The molecule has 1 aromatic rings. The van der Waals surface area contributed by atoms with Gasteiger partial charge in [-0.2, -0.15) is 4.31 Å². The third-order valence-corrected chi connectivity index (χ3v) is 6.63. The Labute approximate surface area is 152 Å². The lowest BCUT2D eigenvalue weighted by atomic mass is 10.0. The van der Waals surface area contributed by atoms with Crippen molar-refractivity contribution in [3.05, 3.63) is 23.8 Å². The summed E-state index contributed by atoms with van der Waals surface area (Å²) in [4.78, 5) is 24.8. The van der Waals surface area contributed by atoms with Gasteiger partial charge in [0.2, 0.25) is 15.9 Å². The lowest BCUT2D eigenvalue weighted by Gasteiger charge is -2.29. The number of aliphatic carboxylic acids is 1. The second-order valence-electron chi connectivity index (χ2n) is 6.54. The fraction of sp³-hybridized carbons (Fsp3) is 0.529. The molecule has 1 aromatic carbocycles. The quantitative estimate of drug-likeness (QED) is 0.826. The van der Waals surface area contributed by atoms with Gasteiger partial charge in [-0.1, -0.05) is 0 Å². The predicted octanol–water partition coefficient (Wildman–Crippen LogP) is 0.707. The summed E-state index contributed by atoms with van der Waals surface area (Å²) in [5.41, 5.74) is 1.55. The third kappa shape index (κ3) is 3.60. The first-order chi connectivity index (χ1) is 12.3. The highest BCUT2D eigenvalue weighted by Crippen LogP contribution is 2.31. The summed E-state index contributed by atoms with van der Waals surface area (Å²) in [5.74, 6) is -2.04. The zero-order valence-corrected chi connectivity index (χ0v) is 15.4. The zero-order valence-electron chi connectivity index (χ0n) is 14.6. The first-order valence-corrected chi connectivity index (χ1v) is 9.96. The second kappa shape index (κ2) is 7.34. The van der Waals surface area contributed by atoms with Crippen LogP contribution in [0.3, 0.4) is 0 Å². The zero-order chi connectivity index (χ0) is 18.9. The Morgan fingerprint density at radius 3 is 2.73 bits per heavy atom. The molecule has 142 valence electrons. The van der Waals surface area contributed by atoms with E-state index in [1.165, 1.54) is 17.3 Å². The summed E-state index contributed by atoms with van der Waals surface area (Å²) in [5, 5.41) is 9.22. The van der Waals surface area contributed by atoms with Crippen molar-refractivity contribution in [2.75, 3.05) is 37.7 Å². The molecule has 0 saturated carbocycles. The molecule has 2 heterocycles. The van der Waals surface area contributed by atoms with Gasteiger partial charge in [0, 0.05) is 32.2 Å². The Morgan fingerprint density at radius 1 is 1.27 bits per heavy atom. The van der Waals surface area contributed by atoms with Gasteiger partial charge in [0.05, 0.1) is 24.0 Å². The number of hydrogen-bond donors (Lipinski definition) is 1. The van der Waals surface area contributed by atoms with Gasteiger partial charge >= 0.3 is 5.97 Å². The van der Waals surface area contributed by atoms with Gasteiger partial charge in [0.1, 0.15) is 0 Å². The molecule has 1 saturated heterocycles. The molecule has 9 heteroatoms. The number of ether oxygens (including phenoxy) is 1. The Balaban J connectivity index is 1.92. The van der Waals surface area contributed by atoms with E-state index in [1.54, 1.807) is 17.0 Å². The SMILES string of the molecule is CC(=O)N1CCCc2cc(S(=O)(=O)N3CCOCC(C(=O)O)C3)ccc21. The van der Waals surface area contributed by atoms with Gasteiger partial charge in [-0.15, -0.1) is 0 Å². The van der Waals surface area contributed by atoms with E-state index in [-0.39, 0.29) is 37.1 Å². The van der Waals surface area contributed by atoms with Gasteiger partial charge in [0.15, 0.2) is 0 Å². The van der Waals surface area contributed by atoms with Crippen LogP contribution in [0.25, 0.3) is 0 Å². The smallest absolute Gasteiger partial charge is 0.310 e. The third-order valence-electron chi connectivity index (χ3n) is 4.76. The Hall–Kier alpha value is -1.97. The average Bonchev–Trinajstić information content (AvgIpc) is 2.87. The second-order valence-corrected chi connectivity index (χ2v) is 8.48. The molecule has 1 amide bonds. The van der Waals surface area contributed by atoms with Crippen LogP contribution in [0.2, 0.25) is 0 Å². The summed E-state index contributed by atoms with van der Waals surface area (Å²) in [6.07, 6.45) is 1.47. The van der Waals surface area contributed by atoms with E-state index in [1.807, 2.05) is 0 Å². The maximum absolute atomic E-state index is 13.0. The number of fused-ring (bicyclic) bond motifs is 1. The summed E-state index contributed by atoms with van der Waals surface area (Å²) in [7, 11) is -3.84. The molecule has 2 aliphatic rings. The fourth-order valence-corrected chi connectivity index (χ4v) is 4.88. The number of carbonyl (C=O) groups excluding carboxylic acids is 1. The van der Waals surface area contributed by atoms with E-state index in [2.05, 4.69) is 0 Å². The predicted molar refractivity (Wildman–Crippen MR) is 93.5 cm³/mol. The first-order valence-electron chi connectivity index (χ1n) is 8.52. The maximum Gasteiger partial charge on any atom is 0.310 e. The van der Waals surface area contributed by atoms with E-state index in [0.717, 1.165) is 17.7 Å². The number of nitrogens with zero attached hydrogens (tertiary/aromatic N) is 2. The number of rotatable bonds is 3. The van der Waals surface area contributed by atoms with Crippen molar-refractivity contribution < 1.29 is 27.9 Å². The van der Waals surface area contributed by atoms with Gasteiger partial charge in [-0.3, -0.25) is 9.59 Å². The van der Waals surface area contributed by atoms with Crippen LogP contribution in [0.4, 0.5) is 5.69 Å². The van der Waals surface area contributed by atoms with Gasteiger partial charge in [-0.25, -0.2) is 8.42 Å². The highest BCUT2D eigenvalue weighted by atomic mass is 32.2. The van der Waals surface area contributed by atoms with Crippen molar-refractivity contribution >= 4 is 27.6 Å². The van der Waals surface area contributed by atoms with Crippen LogP contribution < -0.4 is 4.90 Å². The van der Waals surface area contributed by atoms with Gasteiger partial charge < -0.3 is 14.7 Å². The van der Waals surface area contributed by atoms with Crippen molar-refractivity contribution in [3.8, 4) is 0 Å². The number of carboxylic acids is 1. The molecule has 3 rings (SSSR count). The molecular formula is C17H22N2O6S. The lowest BCUT2D eigenvalue weighted by Crippen LogP contribution is -2.38. The Bertz CT molecular complexity index is 823. The molecule has 8 nitrogen and oxygen atoms in total. The normalized spacial score (nSPS) is 21.7. The van der Waals surface area contributed by atoms with Crippen molar-refractivity contribution in [2.45, 2.75) is 24.7 Å². The molecule has 0 aliphatic carbocycles. The summed E-state index contributed by atoms with van der Waals surface area (Å²) in [6.45, 7) is 2.27. The standard InChI is InChI=1S/C17H22N2O6S/c1-12(20)19-6-2-3-13-9-15(4-5-16(13)19)26(23,24)18-7-8-25-11-14(10-18)17(21)22/h4-5,9,14H,2-3,6-8,10-11H2,1H3,(H,21,22). The van der Waals surface area contributed by atoms with Crippen LogP contribution in [0.15, 0.2) is 23.1 Å². The maximum atomic E-state index is 13.0. The molecule has 26 heavy (non-hydrogen) atoms. The lowest BCUT2D eigenvalue weighted by molar-refractivity contribution is -0.143. The molecule has 0 radical (unpaired) electrons. The number of hydrogen-bond acceptors (Lipinski definition) is 5. The number of amides is 1. The van der Waals surface area contributed by atoms with Crippen LogP contribution in [0.1, 0.15) is 18.9 Å². The van der Waals surface area contributed by atoms with Crippen LogP contribution in [-0.2, 0) is 30.8 Å². The summed E-state index contributed by atoms with van der Waals surface area (Å²) in [6, 6.07) is 4.74. The van der Waals surface area contributed by atoms with E-state index in [9.17, 15) is 23.1 Å². The average molecular weight is 382 g/mol. The van der Waals surface area contributed by atoms with E-state index in [4.69, 9.17) is 4.74 Å². The van der Waals surface area contributed by atoms with Crippen LogP contribution >= 0.6 is 0 Å². The van der Waals surface area contributed by atoms with Crippen molar-refractivity contribution in [3.63, 3.8) is 0 Å². The topological polar surface area (TPSA) is 104 Å². The molecule has 2 aliphatic heterocycles. The van der Waals surface area contributed by atoms with E-state index in [0.29, 0.717) is 13.0 Å². The van der Waals surface area contributed by atoms with Crippen LogP contribution in [0, 0.1) is 5.92 Å². The Kier molecular flexibility index (Phi) is 5.31. The highest BCUT2D eigenvalue weighted by molar-refractivity contribution is 7.89. The van der Waals surface area contributed by atoms with E-state index >= 15 is 0 Å². The molecule has 0 spiro atoms. The van der Waals surface area contributed by atoms with E-state index < -0.39 is 21.9 Å². The number of aryl methyl sites for hydroxylation is 1.